The molecule has 2 aromatic heterocycles. The van der Waals surface area contributed by atoms with E-state index in [1.807, 2.05) is 20.6 Å². The number of nitrogens with one attached hydrogen (secondary N) is 3. The molecule has 1 unspecified atom stereocenters. The molecular weight excluding hydrogens is 384 g/mol. The predicted octanol–water partition coefficient (Wildman–Crippen LogP) is 2.65. The van der Waals surface area contributed by atoms with Crippen LogP contribution in [0.5, 0.6) is 0 Å². The molecule has 30 heavy (non-hydrogen) atoms. The molecule has 3 N–H and O–H groups in total. The van der Waals surface area contributed by atoms with Crippen LogP contribution in [0.15, 0.2) is 18.5 Å². The van der Waals surface area contributed by atoms with E-state index in [4.69, 9.17) is 9.59 Å². The van der Waals surface area contributed by atoms with Crippen molar-refractivity contribution in [1.82, 2.24) is 25.2 Å². The van der Waals surface area contributed by atoms with Gasteiger partial charge in [-0.2, -0.15) is 0 Å². The molecule has 1 saturated heterocycles. The standard InChI is InChI=1S/C8H18N2.C7H6N4O.C4H10.2CH2O/c1-3-10-6-4-5-8(10)7-9-2;12-4-10-6-3-9-7-5(11-6)1-2-8-7;1-3-4-2;2*1-2/h8-9H,3-7H2,1-2H3;1-4H,(H,8,9)(H,10,11,12);3-4H2,1-2H3;2*1H2. The summed E-state index contributed by atoms with van der Waals surface area (Å²) in [5.74, 6) is 0.456. The van der Waals surface area contributed by atoms with Gasteiger partial charge in [0.2, 0.25) is 6.41 Å². The first kappa shape index (κ1) is 29.6. The third kappa shape index (κ3) is 12.0. The summed E-state index contributed by atoms with van der Waals surface area (Å²) >= 11 is 0. The fraction of sp³-hybridized carbons (Fsp3) is 0.571. The van der Waals surface area contributed by atoms with E-state index in [1.54, 1.807) is 12.3 Å². The lowest BCUT2D eigenvalue weighted by Crippen LogP contribution is -2.36. The molecule has 0 radical (unpaired) electrons. The summed E-state index contributed by atoms with van der Waals surface area (Å²) in [5, 5.41) is 5.65. The molecule has 1 fully saturated rings. The van der Waals surface area contributed by atoms with Crippen LogP contribution in [-0.2, 0) is 14.4 Å². The summed E-state index contributed by atoms with van der Waals surface area (Å²) in [5.41, 5.74) is 1.45. The summed E-state index contributed by atoms with van der Waals surface area (Å²) in [7, 11) is 2.03. The van der Waals surface area contributed by atoms with Crippen LogP contribution in [-0.4, -0.2) is 72.6 Å². The third-order valence-corrected chi connectivity index (χ3v) is 4.31. The molecule has 9 heteroatoms. The number of unbranched alkanes of at least 4 members (excludes halogenated alkanes) is 1. The number of fused-ring (bicyclic) bond motifs is 1. The number of likely N-dealkylation sites (N-methyl/N-ethyl adjacent to an activating group) is 2. The van der Waals surface area contributed by atoms with Gasteiger partial charge in [0.1, 0.15) is 19.1 Å². The molecule has 1 aliphatic rings. The minimum Gasteiger partial charge on any atom is -0.345 e. The molecule has 2 aromatic rings. The second kappa shape index (κ2) is 21.1. The Morgan fingerprint density at radius 3 is 2.43 bits per heavy atom. The fourth-order valence-corrected chi connectivity index (χ4v) is 2.74. The number of aromatic nitrogens is 3. The highest BCUT2D eigenvalue weighted by Gasteiger charge is 2.21. The van der Waals surface area contributed by atoms with Crippen molar-refractivity contribution in [2.45, 2.75) is 52.5 Å². The van der Waals surface area contributed by atoms with Crippen LogP contribution in [0.3, 0.4) is 0 Å². The van der Waals surface area contributed by atoms with Gasteiger partial charge in [-0.05, 0) is 39.0 Å². The number of hydrogen-bond donors (Lipinski definition) is 3. The number of amides is 1. The topological polar surface area (TPSA) is 120 Å². The quantitative estimate of drug-likeness (QED) is 0.612. The van der Waals surface area contributed by atoms with E-state index in [9.17, 15) is 4.79 Å². The van der Waals surface area contributed by atoms with Crippen LogP contribution < -0.4 is 10.6 Å². The van der Waals surface area contributed by atoms with Gasteiger partial charge >= 0.3 is 0 Å². The Hall–Kier alpha value is -2.65. The first-order valence-electron chi connectivity index (χ1n) is 10.2. The zero-order valence-corrected chi connectivity index (χ0v) is 18.8. The molecule has 3 rings (SSSR count). The molecule has 3 heterocycles. The molecule has 0 spiro atoms. The van der Waals surface area contributed by atoms with Crippen LogP contribution in [0.1, 0.15) is 46.5 Å². The Bertz CT molecular complexity index is 648. The van der Waals surface area contributed by atoms with Crippen molar-refractivity contribution in [2.24, 2.45) is 0 Å². The summed E-state index contributed by atoms with van der Waals surface area (Å²) < 4.78 is 0. The van der Waals surface area contributed by atoms with Gasteiger partial charge in [-0.15, -0.1) is 0 Å². The lowest BCUT2D eigenvalue weighted by Gasteiger charge is -2.21. The number of H-pyrrole nitrogens is 1. The maximum atomic E-state index is 10.1. The Morgan fingerprint density at radius 2 is 1.90 bits per heavy atom. The highest BCUT2D eigenvalue weighted by atomic mass is 16.1. The Morgan fingerprint density at radius 1 is 1.23 bits per heavy atom. The Labute approximate surface area is 180 Å². The molecule has 0 bridgehead atoms. The van der Waals surface area contributed by atoms with E-state index in [0.717, 1.165) is 18.1 Å². The smallest absolute Gasteiger partial charge is 0.212 e. The van der Waals surface area contributed by atoms with Crippen molar-refractivity contribution in [3.05, 3.63) is 18.5 Å². The van der Waals surface area contributed by atoms with E-state index >= 15 is 0 Å². The maximum Gasteiger partial charge on any atom is 0.212 e. The highest BCUT2D eigenvalue weighted by Crippen LogP contribution is 2.15. The van der Waals surface area contributed by atoms with E-state index in [1.165, 1.54) is 45.0 Å². The maximum absolute atomic E-state index is 10.1. The number of carbonyl (C=O) groups is 3. The molecule has 0 aliphatic carbocycles. The van der Waals surface area contributed by atoms with Crippen LogP contribution in [0.25, 0.3) is 11.2 Å². The summed E-state index contributed by atoms with van der Waals surface area (Å²) in [6.07, 6.45) is 9.22. The minimum atomic E-state index is 0.456. The van der Waals surface area contributed by atoms with E-state index in [2.05, 4.69) is 51.3 Å². The predicted molar refractivity (Wildman–Crippen MR) is 123 cm³/mol. The van der Waals surface area contributed by atoms with Crippen LogP contribution in [0.4, 0.5) is 5.82 Å². The third-order valence-electron chi connectivity index (χ3n) is 4.31. The average molecular weight is 423 g/mol. The first-order chi connectivity index (χ1) is 14.7. The molecule has 1 aliphatic heterocycles. The number of rotatable bonds is 6. The Balaban J connectivity index is 0. The monoisotopic (exact) mass is 422 g/mol. The van der Waals surface area contributed by atoms with E-state index < -0.39 is 0 Å². The van der Waals surface area contributed by atoms with Crippen molar-refractivity contribution in [1.29, 1.82) is 0 Å². The van der Waals surface area contributed by atoms with Crippen molar-refractivity contribution < 1.29 is 14.4 Å². The van der Waals surface area contributed by atoms with Crippen LogP contribution >= 0.6 is 0 Å². The summed E-state index contributed by atoms with van der Waals surface area (Å²) in [6.45, 7) is 14.3. The Kier molecular flexibility index (Phi) is 20.8. The molecule has 0 aromatic carbocycles. The normalized spacial score (nSPS) is 14.5. The van der Waals surface area contributed by atoms with E-state index in [-0.39, 0.29) is 0 Å². The zero-order valence-electron chi connectivity index (χ0n) is 18.8. The lowest BCUT2D eigenvalue weighted by atomic mass is 10.2. The van der Waals surface area contributed by atoms with Gasteiger partial charge in [0.05, 0.1) is 6.20 Å². The number of nitrogens with zero attached hydrogens (tertiary/aromatic N) is 3. The van der Waals surface area contributed by atoms with Gasteiger partial charge in [0, 0.05) is 18.8 Å². The molecule has 1 amide bonds. The summed E-state index contributed by atoms with van der Waals surface area (Å²) in [6, 6.07) is 2.60. The zero-order chi connectivity index (χ0) is 23.2. The molecule has 170 valence electrons. The highest BCUT2D eigenvalue weighted by molar-refractivity contribution is 5.75. The minimum absolute atomic E-state index is 0.456. The lowest BCUT2D eigenvalue weighted by molar-refractivity contribution is -0.105. The van der Waals surface area contributed by atoms with Gasteiger partial charge in [-0.1, -0.05) is 33.6 Å². The van der Waals surface area contributed by atoms with Crippen molar-refractivity contribution in [2.75, 3.05) is 32.0 Å². The number of likely N-dealkylation sites (tertiary alicyclic amines) is 1. The summed E-state index contributed by atoms with van der Waals surface area (Å²) in [4.78, 5) is 39.6. The largest absolute Gasteiger partial charge is 0.345 e. The molecule has 0 saturated carbocycles. The first-order valence-corrected chi connectivity index (χ1v) is 10.2. The average Bonchev–Trinajstić information content (AvgIpc) is 3.46. The number of aromatic amines is 1. The number of anilines is 1. The van der Waals surface area contributed by atoms with Crippen molar-refractivity contribution >= 4 is 37.0 Å². The van der Waals surface area contributed by atoms with Gasteiger partial charge in [-0.25, -0.2) is 9.97 Å². The SMILES string of the molecule is C=O.C=O.CCCC.CCN1CCCC1CNC.O=CNc1cnc2[nH]ccc2n1. The van der Waals surface area contributed by atoms with Gasteiger partial charge in [0.25, 0.3) is 0 Å². The van der Waals surface area contributed by atoms with Crippen molar-refractivity contribution in [3.63, 3.8) is 0 Å². The van der Waals surface area contributed by atoms with Crippen LogP contribution in [0.2, 0.25) is 0 Å². The number of hydrogen-bond acceptors (Lipinski definition) is 7. The van der Waals surface area contributed by atoms with Gasteiger partial charge < -0.3 is 25.2 Å². The molecule has 1 atom stereocenters. The second-order valence-electron chi connectivity index (χ2n) is 6.21. The second-order valence-corrected chi connectivity index (χ2v) is 6.21. The van der Waals surface area contributed by atoms with Crippen molar-refractivity contribution in [3.8, 4) is 0 Å². The fourth-order valence-electron chi connectivity index (χ4n) is 2.74. The van der Waals surface area contributed by atoms with Gasteiger partial charge in [-0.3, -0.25) is 9.69 Å². The van der Waals surface area contributed by atoms with Crippen LogP contribution in [0, 0.1) is 0 Å². The molecular formula is C21H38N6O3. The number of carbonyl (C=O) groups excluding carboxylic acids is 3. The molecule has 9 nitrogen and oxygen atoms in total. The van der Waals surface area contributed by atoms with Gasteiger partial charge in [0.15, 0.2) is 11.5 Å². The van der Waals surface area contributed by atoms with E-state index in [0.29, 0.717) is 17.9 Å².